The molecule has 0 saturated heterocycles. The lowest BCUT2D eigenvalue weighted by Gasteiger charge is -2.20. The minimum Gasteiger partial charge on any atom is -0.481 e. The zero-order chi connectivity index (χ0) is 15.6. The summed E-state index contributed by atoms with van der Waals surface area (Å²) in [7, 11) is 1.52. The minimum absolute atomic E-state index is 0.0874. The first-order chi connectivity index (χ1) is 9.90. The molecule has 0 aliphatic carbocycles. The van der Waals surface area contributed by atoms with Crippen molar-refractivity contribution in [1.29, 1.82) is 0 Å². The van der Waals surface area contributed by atoms with Crippen LogP contribution in [0.5, 0.6) is 0 Å². The third-order valence-electron chi connectivity index (χ3n) is 2.92. The highest BCUT2D eigenvalue weighted by molar-refractivity contribution is 7.00. The van der Waals surface area contributed by atoms with Crippen molar-refractivity contribution in [3.05, 3.63) is 17.2 Å². The van der Waals surface area contributed by atoms with Gasteiger partial charge in [-0.05, 0) is 12.1 Å². The van der Waals surface area contributed by atoms with Crippen LogP contribution in [-0.4, -0.2) is 44.3 Å². The lowest BCUT2D eigenvalue weighted by molar-refractivity contribution is -0.141. The van der Waals surface area contributed by atoms with Crippen LogP contribution in [0.15, 0.2) is 12.1 Å². The summed E-state index contributed by atoms with van der Waals surface area (Å²) in [5.41, 5.74) is 1.53. The average Bonchev–Trinajstić information content (AvgIpc) is 2.90. The summed E-state index contributed by atoms with van der Waals surface area (Å²) < 4.78 is 8.17. The van der Waals surface area contributed by atoms with Gasteiger partial charge in [0.15, 0.2) is 0 Å². The topological polar surface area (TPSA) is 95.4 Å². The fourth-order valence-corrected chi connectivity index (χ4v) is 2.46. The average molecular weight is 329 g/mol. The first-order valence-corrected chi connectivity index (χ1v) is 7.16. The van der Waals surface area contributed by atoms with Crippen molar-refractivity contribution >= 4 is 52.1 Å². The zero-order valence-corrected chi connectivity index (χ0v) is 12.9. The fraction of sp³-hybridized carbons (Fsp3) is 0.333. The van der Waals surface area contributed by atoms with E-state index in [-0.39, 0.29) is 6.54 Å². The van der Waals surface area contributed by atoms with Gasteiger partial charge >= 0.3 is 12.0 Å². The third kappa shape index (κ3) is 3.40. The van der Waals surface area contributed by atoms with Crippen molar-refractivity contribution in [3.63, 3.8) is 0 Å². The monoisotopic (exact) mass is 328 g/mol. The smallest absolute Gasteiger partial charge is 0.321 e. The van der Waals surface area contributed by atoms with E-state index in [0.717, 1.165) is 11.7 Å². The molecule has 1 aromatic carbocycles. The lowest BCUT2D eigenvalue weighted by Crippen LogP contribution is -2.36. The largest absolute Gasteiger partial charge is 0.481 e. The second kappa shape index (κ2) is 6.23. The van der Waals surface area contributed by atoms with Gasteiger partial charge in [-0.15, -0.1) is 0 Å². The van der Waals surface area contributed by atoms with Gasteiger partial charge in [0.2, 0.25) is 0 Å². The molecule has 0 spiro atoms. The summed E-state index contributed by atoms with van der Waals surface area (Å²) >= 11 is 7.10. The standard InChI is InChI=1S/C12H13ClN4O3S/c1-6(11(18)19)5-17(2)12(20)14-9-7(13)3-4-8-10(9)16-21-15-8/h3-4,6H,5H2,1-2H3,(H,14,20)(H,18,19). The number of rotatable bonds is 4. The summed E-state index contributed by atoms with van der Waals surface area (Å²) in [6.45, 7) is 1.62. The predicted molar refractivity (Wildman–Crippen MR) is 80.9 cm³/mol. The number of fused-ring (bicyclic) bond motifs is 1. The van der Waals surface area contributed by atoms with Gasteiger partial charge in [-0.1, -0.05) is 18.5 Å². The number of nitrogens with one attached hydrogen (secondary N) is 1. The molecule has 7 nitrogen and oxygen atoms in total. The molecule has 9 heteroatoms. The number of carbonyl (C=O) groups excluding carboxylic acids is 1. The van der Waals surface area contributed by atoms with Crippen molar-refractivity contribution in [2.75, 3.05) is 18.9 Å². The molecule has 1 unspecified atom stereocenters. The molecular weight excluding hydrogens is 316 g/mol. The number of anilines is 1. The first-order valence-electron chi connectivity index (χ1n) is 6.06. The molecule has 0 saturated carbocycles. The number of aromatic nitrogens is 2. The SMILES string of the molecule is CC(CN(C)C(=O)Nc1c(Cl)ccc2nsnc12)C(=O)O. The second-order valence-corrected chi connectivity index (χ2v) is 5.54. The molecule has 21 heavy (non-hydrogen) atoms. The number of amides is 2. The molecule has 2 amide bonds. The molecule has 1 aromatic heterocycles. The maximum Gasteiger partial charge on any atom is 0.321 e. The Morgan fingerprint density at radius 1 is 1.48 bits per heavy atom. The highest BCUT2D eigenvalue weighted by Crippen LogP contribution is 2.30. The third-order valence-corrected chi connectivity index (χ3v) is 3.78. The van der Waals surface area contributed by atoms with Gasteiger partial charge in [-0.25, -0.2) is 4.79 Å². The van der Waals surface area contributed by atoms with Crippen LogP contribution < -0.4 is 5.32 Å². The number of nitrogens with zero attached hydrogens (tertiary/aromatic N) is 3. The van der Waals surface area contributed by atoms with Gasteiger partial charge in [-0.3, -0.25) is 4.79 Å². The number of hydrogen-bond acceptors (Lipinski definition) is 5. The Morgan fingerprint density at radius 2 is 2.19 bits per heavy atom. The molecule has 0 radical (unpaired) electrons. The van der Waals surface area contributed by atoms with Crippen molar-refractivity contribution in [1.82, 2.24) is 13.6 Å². The van der Waals surface area contributed by atoms with Crippen molar-refractivity contribution in [3.8, 4) is 0 Å². The molecule has 0 aliphatic heterocycles. The Hall–Kier alpha value is -1.93. The van der Waals surface area contributed by atoms with Crippen LogP contribution in [0.2, 0.25) is 5.02 Å². The van der Waals surface area contributed by atoms with Crippen molar-refractivity contribution in [2.45, 2.75) is 6.92 Å². The molecule has 2 N–H and O–H groups in total. The van der Waals surface area contributed by atoms with E-state index in [0.29, 0.717) is 21.7 Å². The van der Waals surface area contributed by atoms with Crippen LogP contribution in [-0.2, 0) is 4.79 Å². The Labute approximate surface area is 129 Å². The number of benzene rings is 1. The van der Waals surface area contributed by atoms with Crippen LogP contribution in [0.3, 0.4) is 0 Å². The Kier molecular flexibility index (Phi) is 4.59. The molecule has 2 rings (SSSR count). The molecule has 2 aromatic rings. The van der Waals surface area contributed by atoms with E-state index in [9.17, 15) is 9.59 Å². The van der Waals surface area contributed by atoms with Gasteiger partial charge in [0.25, 0.3) is 0 Å². The fourth-order valence-electron chi connectivity index (χ4n) is 1.72. The number of hydrogen-bond donors (Lipinski definition) is 2. The van der Waals surface area contributed by atoms with E-state index in [1.807, 2.05) is 0 Å². The molecular formula is C12H13ClN4O3S. The quantitative estimate of drug-likeness (QED) is 0.899. The lowest BCUT2D eigenvalue weighted by atomic mass is 10.2. The predicted octanol–water partition coefficient (Wildman–Crippen LogP) is 2.53. The summed E-state index contributed by atoms with van der Waals surface area (Å²) in [5, 5.41) is 11.9. The Morgan fingerprint density at radius 3 is 2.86 bits per heavy atom. The number of carbonyl (C=O) groups is 2. The number of aliphatic carboxylic acids is 1. The number of urea groups is 1. The first kappa shape index (κ1) is 15.5. The number of carboxylic acids is 1. The van der Waals surface area contributed by atoms with Gasteiger partial charge in [0.05, 0.1) is 28.4 Å². The summed E-state index contributed by atoms with van der Waals surface area (Å²) in [4.78, 5) is 24.2. The normalized spacial score (nSPS) is 12.1. The van der Waals surface area contributed by atoms with Gasteiger partial charge in [-0.2, -0.15) is 8.75 Å². The van der Waals surface area contributed by atoms with Gasteiger partial charge in [0, 0.05) is 13.6 Å². The number of halogens is 1. The van der Waals surface area contributed by atoms with Gasteiger partial charge in [0.1, 0.15) is 11.0 Å². The van der Waals surface area contributed by atoms with Crippen LogP contribution in [0.25, 0.3) is 11.0 Å². The molecule has 112 valence electrons. The highest BCUT2D eigenvalue weighted by Gasteiger charge is 2.19. The zero-order valence-electron chi connectivity index (χ0n) is 11.3. The molecule has 0 fully saturated rings. The van der Waals surface area contributed by atoms with E-state index in [1.165, 1.54) is 18.9 Å². The van der Waals surface area contributed by atoms with Crippen LogP contribution in [0, 0.1) is 5.92 Å². The molecule has 1 heterocycles. The highest BCUT2D eigenvalue weighted by atomic mass is 35.5. The molecule has 0 aliphatic rings. The second-order valence-electron chi connectivity index (χ2n) is 4.60. The van der Waals surface area contributed by atoms with Crippen LogP contribution in [0.1, 0.15) is 6.92 Å². The van der Waals surface area contributed by atoms with E-state index < -0.39 is 17.9 Å². The van der Waals surface area contributed by atoms with Crippen LogP contribution >= 0.6 is 23.3 Å². The van der Waals surface area contributed by atoms with E-state index >= 15 is 0 Å². The van der Waals surface area contributed by atoms with Crippen molar-refractivity contribution < 1.29 is 14.7 Å². The maximum absolute atomic E-state index is 12.1. The maximum atomic E-state index is 12.1. The van der Waals surface area contributed by atoms with Crippen LogP contribution in [0.4, 0.5) is 10.5 Å². The van der Waals surface area contributed by atoms with Crippen molar-refractivity contribution in [2.24, 2.45) is 5.92 Å². The summed E-state index contributed by atoms with van der Waals surface area (Å²) in [6, 6.07) is 2.89. The molecule has 0 bridgehead atoms. The summed E-state index contributed by atoms with van der Waals surface area (Å²) in [5.74, 6) is -1.62. The van der Waals surface area contributed by atoms with E-state index in [2.05, 4.69) is 14.1 Å². The molecule has 1 atom stereocenters. The van der Waals surface area contributed by atoms with E-state index in [1.54, 1.807) is 12.1 Å². The van der Waals surface area contributed by atoms with E-state index in [4.69, 9.17) is 16.7 Å². The summed E-state index contributed by atoms with van der Waals surface area (Å²) in [6.07, 6.45) is 0. The Balaban J connectivity index is 2.16. The van der Waals surface area contributed by atoms with Gasteiger partial charge < -0.3 is 15.3 Å². The Bertz CT molecular complexity index is 690. The number of carboxylic acid groups (broad SMARTS) is 1. The minimum atomic E-state index is -0.960.